The maximum absolute atomic E-state index is 2.23. The van der Waals surface area contributed by atoms with Gasteiger partial charge >= 0.3 is 17.1 Å². The van der Waals surface area contributed by atoms with E-state index in [9.17, 15) is 0 Å². The summed E-state index contributed by atoms with van der Waals surface area (Å²) in [6.45, 7) is 0. The van der Waals surface area contributed by atoms with E-state index in [-0.39, 0.29) is 29.5 Å². The fourth-order valence-electron chi connectivity index (χ4n) is 2.18. The standard InChI is InChI=1S/C18H15P.ClH.Cu/c1-4-10-16(11-5-1)19(17-12-6-2-7-13-17)18-14-8-3-9-15-18;;/h1-15H;1H;/q;;+1/p-1. The van der Waals surface area contributed by atoms with Crippen LogP contribution in [0.3, 0.4) is 0 Å². The maximum Gasteiger partial charge on any atom is 1.00 e. The van der Waals surface area contributed by atoms with Gasteiger partial charge < -0.3 is 12.4 Å². The van der Waals surface area contributed by atoms with Gasteiger partial charge in [-0.1, -0.05) is 91.0 Å². The maximum atomic E-state index is 2.23. The van der Waals surface area contributed by atoms with Crippen molar-refractivity contribution in [1.29, 1.82) is 0 Å². The number of rotatable bonds is 3. The molecule has 0 fully saturated rings. The van der Waals surface area contributed by atoms with E-state index < -0.39 is 7.92 Å². The minimum absolute atomic E-state index is 0. The molecule has 0 unspecified atom stereocenters. The fourth-order valence-corrected chi connectivity index (χ4v) is 4.48. The van der Waals surface area contributed by atoms with E-state index in [0.29, 0.717) is 0 Å². The summed E-state index contributed by atoms with van der Waals surface area (Å²) in [5, 5.41) is 4.19. The summed E-state index contributed by atoms with van der Waals surface area (Å²) < 4.78 is 0. The first-order valence-corrected chi connectivity index (χ1v) is 7.74. The Balaban J connectivity index is 0.00000110. The Morgan fingerprint density at radius 3 is 0.905 bits per heavy atom. The second-order valence-electron chi connectivity index (χ2n) is 4.34. The van der Waals surface area contributed by atoms with E-state index in [1.807, 2.05) is 0 Å². The Morgan fingerprint density at radius 2 is 0.667 bits per heavy atom. The van der Waals surface area contributed by atoms with Crippen LogP contribution >= 0.6 is 7.92 Å². The molecule has 0 amide bonds. The molecule has 3 aromatic carbocycles. The van der Waals surface area contributed by atoms with Crippen LogP contribution in [0.15, 0.2) is 91.0 Å². The van der Waals surface area contributed by atoms with Gasteiger partial charge in [-0.2, -0.15) is 0 Å². The molecule has 0 aromatic heterocycles. The van der Waals surface area contributed by atoms with Crippen LogP contribution < -0.4 is 28.3 Å². The zero-order chi connectivity index (χ0) is 12.9. The van der Waals surface area contributed by atoms with E-state index in [4.69, 9.17) is 0 Å². The SMILES string of the molecule is [Cl-].[Cu+].c1ccc(P(c2ccccc2)c2ccccc2)cc1. The number of hydrogen-bond acceptors (Lipinski definition) is 0. The second kappa shape index (κ2) is 9.03. The Kier molecular flexibility index (Phi) is 7.72. The van der Waals surface area contributed by atoms with Crippen molar-refractivity contribution in [2.45, 2.75) is 0 Å². The first-order valence-electron chi connectivity index (χ1n) is 6.40. The van der Waals surface area contributed by atoms with Crippen LogP contribution in [-0.4, -0.2) is 0 Å². The van der Waals surface area contributed by atoms with Crippen molar-refractivity contribution in [1.82, 2.24) is 0 Å². The van der Waals surface area contributed by atoms with Crippen LogP contribution in [0.2, 0.25) is 0 Å². The third-order valence-electron chi connectivity index (χ3n) is 3.04. The van der Waals surface area contributed by atoms with E-state index in [0.717, 1.165) is 0 Å². The summed E-state index contributed by atoms with van der Waals surface area (Å²) in [6, 6.07) is 32.3. The van der Waals surface area contributed by atoms with Crippen LogP contribution in [0.5, 0.6) is 0 Å². The van der Waals surface area contributed by atoms with Gasteiger partial charge in [0.15, 0.2) is 0 Å². The molecule has 3 rings (SSSR count). The average Bonchev–Trinajstić information content (AvgIpc) is 2.51. The van der Waals surface area contributed by atoms with Crippen LogP contribution in [-0.2, 0) is 17.1 Å². The zero-order valence-corrected chi connectivity index (χ0v) is 13.9. The van der Waals surface area contributed by atoms with Crippen molar-refractivity contribution >= 4 is 23.8 Å². The molecule has 0 aliphatic carbocycles. The smallest absolute Gasteiger partial charge is 1.00 e. The Bertz CT molecular complexity index is 535. The summed E-state index contributed by atoms with van der Waals surface area (Å²) in [5.74, 6) is 0. The molecule has 0 bridgehead atoms. The number of halogens is 1. The molecule has 0 N–H and O–H groups in total. The Morgan fingerprint density at radius 1 is 0.429 bits per heavy atom. The molecular weight excluding hydrogens is 346 g/mol. The largest absolute Gasteiger partial charge is 1.00 e. The normalized spacial score (nSPS) is 9.57. The van der Waals surface area contributed by atoms with Gasteiger partial charge in [-0.15, -0.1) is 0 Å². The fraction of sp³-hybridized carbons (Fsp3) is 0. The van der Waals surface area contributed by atoms with Gasteiger partial charge in [0.1, 0.15) is 0 Å². The predicted molar refractivity (Wildman–Crippen MR) is 85.1 cm³/mol. The summed E-state index contributed by atoms with van der Waals surface area (Å²) in [4.78, 5) is 0. The average molecular weight is 361 g/mol. The van der Waals surface area contributed by atoms with Gasteiger partial charge in [0.25, 0.3) is 0 Å². The van der Waals surface area contributed by atoms with Crippen molar-refractivity contribution in [3.05, 3.63) is 91.0 Å². The van der Waals surface area contributed by atoms with Gasteiger partial charge in [0.2, 0.25) is 0 Å². The minimum atomic E-state index is -0.446. The monoisotopic (exact) mass is 360 g/mol. The molecule has 3 aromatic rings. The molecule has 3 heteroatoms. The van der Waals surface area contributed by atoms with Gasteiger partial charge in [0, 0.05) is 0 Å². The van der Waals surface area contributed by atoms with E-state index >= 15 is 0 Å². The van der Waals surface area contributed by atoms with E-state index in [2.05, 4.69) is 91.0 Å². The predicted octanol–water partition coefficient (Wildman–Crippen LogP) is 0.446. The third kappa shape index (κ3) is 4.43. The van der Waals surface area contributed by atoms with Crippen LogP contribution in [0.1, 0.15) is 0 Å². The Hall–Kier alpha value is -1.10. The van der Waals surface area contributed by atoms with Crippen LogP contribution in [0, 0.1) is 0 Å². The van der Waals surface area contributed by atoms with Crippen molar-refractivity contribution in [2.75, 3.05) is 0 Å². The molecule has 0 saturated heterocycles. The molecule has 110 valence electrons. The van der Waals surface area contributed by atoms with Crippen molar-refractivity contribution in [2.24, 2.45) is 0 Å². The zero-order valence-electron chi connectivity index (χ0n) is 11.3. The molecule has 21 heavy (non-hydrogen) atoms. The van der Waals surface area contributed by atoms with Crippen LogP contribution in [0.25, 0.3) is 0 Å². The van der Waals surface area contributed by atoms with Crippen molar-refractivity contribution in [3.8, 4) is 0 Å². The van der Waals surface area contributed by atoms with E-state index in [1.54, 1.807) is 0 Å². The summed E-state index contributed by atoms with van der Waals surface area (Å²) >= 11 is 0. The van der Waals surface area contributed by atoms with E-state index in [1.165, 1.54) is 15.9 Å². The molecular formula is C18H15ClCuP. The summed E-state index contributed by atoms with van der Waals surface area (Å²) in [6.07, 6.45) is 0. The van der Waals surface area contributed by atoms with Crippen molar-refractivity contribution in [3.63, 3.8) is 0 Å². The van der Waals surface area contributed by atoms with Crippen LogP contribution in [0.4, 0.5) is 0 Å². The third-order valence-corrected chi connectivity index (χ3v) is 5.49. The molecule has 0 saturated carbocycles. The quantitative estimate of drug-likeness (QED) is 0.469. The summed E-state index contributed by atoms with van der Waals surface area (Å²) in [7, 11) is -0.446. The van der Waals surface area contributed by atoms with Gasteiger partial charge in [-0.05, 0) is 23.8 Å². The molecule has 0 heterocycles. The number of hydrogen-bond donors (Lipinski definition) is 0. The topological polar surface area (TPSA) is 0 Å². The van der Waals surface area contributed by atoms with Crippen molar-refractivity contribution < 1.29 is 29.5 Å². The first-order chi connectivity index (χ1) is 9.45. The first kappa shape index (κ1) is 17.9. The Labute approximate surface area is 144 Å². The molecule has 0 aliphatic rings. The minimum Gasteiger partial charge on any atom is -1.00 e. The van der Waals surface area contributed by atoms with Gasteiger partial charge in [-0.3, -0.25) is 0 Å². The number of benzene rings is 3. The molecule has 0 radical (unpaired) electrons. The van der Waals surface area contributed by atoms with Gasteiger partial charge in [-0.25, -0.2) is 0 Å². The molecule has 0 nitrogen and oxygen atoms in total. The van der Waals surface area contributed by atoms with Gasteiger partial charge in [0.05, 0.1) is 0 Å². The molecule has 0 spiro atoms. The summed E-state index contributed by atoms with van der Waals surface area (Å²) in [5.41, 5.74) is 0. The molecule has 0 atom stereocenters. The second-order valence-corrected chi connectivity index (χ2v) is 6.56. The molecule has 0 aliphatic heterocycles.